The zero-order valence-electron chi connectivity index (χ0n) is 11.7. The van der Waals surface area contributed by atoms with E-state index in [4.69, 9.17) is 5.73 Å². The standard InChI is InChI=1S/C13H20N2O4S2/c14-8-7-11-3-5-13(6-4-11)21(18,19)15-12-2-1-9-20(16,17)10-12/h3-6,12,15H,1-2,7-10,14H2. The molecule has 0 spiro atoms. The van der Waals surface area contributed by atoms with Gasteiger partial charge in [-0.2, -0.15) is 0 Å². The highest BCUT2D eigenvalue weighted by atomic mass is 32.2. The molecule has 6 nitrogen and oxygen atoms in total. The van der Waals surface area contributed by atoms with E-state index in [0.717, 1.165) is 5.56 Å². The summed E-state index contributed by atoms with van der Waals surface area (Å²) in [7, 11) is -6.83. The van der Waals surface area contributed by atoms with Gasteiger partial charge >= 0.3 is 0 Å². The summed E-state index contributed by atoms with van der Waals surface area (Å²) in [5.41, 5.74) is 6.42. The lowest BCUT2D eigenvalue weighted by Crippen LogP contribution is -2.43. The van der Waals surface area contributed by atoms with Crippen molar-refractivity contribution in [3.63, 3.8) is 0 Å². The molecule has 8 heteroatoms. The minimum atomic E-state index is -3.69. The van der Waals surface area contributed by atoms with Gasteiger partial charge in [0.15, 0.2) is 9.84 Å². The maximum atomic E-state index is 12.2. The molecule has 1 heterocycles. The van der Waals surface area contributed by atoms with Crippen LogP contribution in [0.4, 0.5) is 0 Å². The molecule has 0 aromatic heterocycles. The first-order chi connectivity index (χ1) is 9.82. The molecule has 3 N–H and O–H groups in total. The second-order valence-electron chi connectivity index (χ2n) is 5.26. The summed E-state index contributed by atoms with van der Waals surface area (Å²) >= 11 is 0. The van der Waals surface area contributed by atoms with Crippen LogP contribution < -0.4 is 10.5 Å². The Hall–Kier alpha value is -0.960. The largest absolute Gasteiger partial charge is 0.330 e. The number of nitrogens with one attached hydrogen (secondary N) is 1. The molecular weight excluding hydrogens is 312 g/mol. The van der Waals surface area contributed by atoms with E-state index in [1.165, 1.54) is 12.1 Å². The predicted molar refractivity (Wildman–Crippen MR) is 81.2 cm³/mol. The Bertz CT molecular complexity index is 681. The molecule has 1 atom stereocenters. The molecule has 2 rings (SSSR count). The van der Waals surface area contributed by atoms with Gasteiger partial charge in [0, 0.05) is 6.04 Å². The van der Waals surface area contributed by atoms with Crippen LogP contribution in [0.3, 0.4) is 0 Å². The van der Waals surface area contributed by atoms with Crippen molar-refractivity contribution < 1.29 is 16.8 Å². The molecule has 1 unspecified atom stereocenters. The Morgan fingerprint density at radius 2 is 1.90 bits per heavy atom. The normalized spacial score (nSPS) is 22.0. The smallest absolute Gasteiger partial charge is 0.240 e. The fourth-order valence-electron chi connectivity index (χ4n) is 2.41. The molecule has 0 aliphatic carbocycles. The molecule has 1 saturated heterocycles. The highest BCUT2D eigenvalue weighted by Crippen LogP contribution is 2.16. The number of hydrogen-bond donors (Lipinski definition) is 2. The van der Waals surface area contributed by atoms with Crippen molar-refractivity contribution in [2.24, 2.45) is 5.73 Å². The van der Waals surface area contributed by atoms with Gasteiger partial charge in [0.2, 0.25) is 10.0 Å². The van der Waals surface area contributed by atoms with Crippen molar-refractivity contribution in [3.05, 3.63) is 29.8 Å². The van der Waals surface area contributed by atoms with E-state index >= 15 is 0 Å². The van der Waals surface area contributed by atoms with Crippen molar-refractivity contribution in [1.29, 1.82) is 0 Å². The fraction of sp³-hybridized carbons (Fsp3) is 0.538. The minimum absolute atomic E-state index is 0.127. The molecule has 0 bridgehead atoms. The van der Waals surface area contributed by atoms with Crippen LogP contribution in [0.5, 0.6) is 0 Å². The average Bonchev–Trinajstić information content (AvgIpc) is 2.38. The number of sulfone groups is 1. The maximum Gasteiger partial charge on any atom is 0.240 e. The molecule has 1 aromatic rings. The lowest BCUT2D eigenvalue weighted by Gasteiger charge is -2.22. The first-order valence-electron chi connectivity index (χ1n) is 6.84. The van der Waals surface area contributed by atoms with E-state index in [1.807, 2.05) is 0 Å². The summed E-state index contributed by atoms with van der Waals surface area (Å²) < 4.78 is 50.1. The maximum absolute atomic E-state index is 12.2. The molecule has 1 fully saturated rings. The van der Waals surface area contributed by atoms with E-state index < -0.39 is 25.9 Å². The van der Waals surface area contributed by atoms with Crippen molar-refractivity contribution in [2.75, 3.05) is 18.1 Å². The van der Waals surface area contributed by atoms with Crippen LogP contribution in [0.25, 0.3) is 0 Å². The van der Waals surface area contributed by atoms with Gasteiger partial charge in [0.05, 0.1) is 16.4 Å². The van der Waals surface area contributed by atoms with Crippen LogP contribution in [0.15, 0.2) is 29.2 Å². The Balaban J connectivity index is 2.11. The molecular formula is C13H20N2O4S2. The van der Waals surface area contributed by atoms with Gasteiger partial charge in [-0.3, -0.25) is 0 Å². The van der Waals surface area contributed by atoms with Crippen molar-refractivity contribution in [2.45, 2.75) is 30.2 Å². The quantitative estimate of drug-likeness (QED) is 0.792. The van der Waals surface area contributed by atoms with E-state index in [9.17, 15) is 16.8 Å². The highest BCUT2D eigenvalue weighted by Gasteiger charge is 2.28. The number of sulfonamides is 1. The summed E-state index contributed by atoms with van der Waals surface area (Å²) in [5, 5.41) is 0. The monoisotopic (exact) mass is 332 g/mol. The first-order valence-corrected chi connectivity index (χ1v) is 10.1. The summed E-state index contributed by atoms with van der Waals surface area (Å²) in [6.07, 6.45) is 1.73. The van der Waals surface area contributed by atoms with Gasteiger partial charge in [-0.15, -0.1) is 0 Å². The third kappa shape index (κ3) is 4.50. The lowest BCUT2D eigenvalue weighted by atomic mass is 10.2. The Morgan fingerprint density at radius 1 is 1.24 bits per heavy atom. The number of rotatable bonds is 5. The third-order valence-electron chi connectivity index (χ3n) is 3.45. The van der Waals surface area contributed by atoms with E-state index in [2.05, 4.69) is 4.72 Å². The molecule has 118 valence electrons. The fourth-order valence-corrected chi connectivity index (χ4v) is 5.42. The number of benzene rings is 1. The van der Waals surface area contributed by atoms with Crippen molar-refractivity contribution in [3.8, 4) is 0 Å². The average molecular weight is 332 g/mol. The van der Waals surface area contributed by atoms with Gasteiger partial charge in [-0.05, 0) is 43.5 Å². The van der Waals surface area contributed by atoms with E-state index in [-0.39, 0.29) is 16.4 Å². The van der Waals surface area contributed by atoms with Crippen LogP contribution in [0, 0.1) is 0 Å². The zero-order chi connectivity index (χ0) is 15.5. The van der Waals surface area contributed by atoms with Gasteiger partial charge in [0.1, 0.15) is 0 Å². The number of hydrogen-bond acceptors (Lipinski definition) is 5. The summed E-state index contributed by atoms with van der Waals surface area (Å²) in [4.78, 5) is 0.145. The number of nitrogens with two attached hydrogens (primary N) is 1. The summed E-state index contributed by atoms with van der Waals surface area (Å²) in [6.45, 7) is 0.504. The first kappa shape index (κ1) is 16.4. The molecule has 0 amide bonds. The Morgan fingerprint density at radius 3 is 2.48 bits per heavy atom. The predicted octanol–water partition coefficient (Wildman–Crippen LogP) is 0.0433. The van der Waals surface area contributed by atoms with Crippen LogP contribution in [-0.2, 0) is 26.3 Å². The highest BCUT2D eigenvalue weighted by molar-refractivity contribution is 7.91. The lowest BCUT2D eigenvalue weighted by molar-refractivity contribution is 0.517. The van der Waals surface area contributed by atoms with Crippen LogP contribution >= 0.6 is 0 Å². The van der Waals surface area contributed by atoms with E-state index in [1.54, 1.807) is 12.1 Å². The van der Waals surface area contributed by atoms with Crippen LogP contribution in [-0.4, -0.2) is 40.9 Å². The molecule has 1 aromatic carbocycles. The SMILES string of the molecule is NCCc1ccc(S(=O)(=O)NC2CCCS(=O)(=O)C2)cc1. The van der Waals surface area contributed by atoms with Crippen LogP contribution in [0.2, 0.25) is 0 Å². The van der Waals surface area contributed by atoms with Gasteiger partial charge < -0.3 is 5.73 Å². The topological polar surface area (TPSA) is 106 Å². The van der Waals surface area contributed by atoms with Crippen molar-refractivity contribution >= 4 is 19.9 Å². The second kappa shape index (κ2) is 6.43. The van der Waals surface area contributed by atoms with Gasteiger partial charge in [0.25, 0.3) is 0 Å². The van der Waals surface area contributed by atoms with Crippen LogP contribution in [0.1, 0.15) is 18.4 Å². The summed E-state index contributed by atoms with van der Waals surface area (Å²) in [5.74, 6) is 0.0104. The molecule has 21 heavy (non-hydrogen) atoms. The summed E-state index contributed by atoms with van der Waals surface area (Å²) in [6, 6.07) is 5.94. The molecule has 0 radical (unpaired) electrons. The van der Waals surface area contributed by atoms with Gasteiger partial charge in [-0.25, -0.2) is 21.6 Å². The second-order valence-corrected chi connectivity index (χ2v) is 9.20. The third-order valence-corrected chi connectivity index (χ3v) is 6.81. The Labute approximate surface area is 125 Å². The van der Waals surface area contributed by atoms with Crippen molar-refractivity contribution in [1.82, 2.24) is 4.72 Å². The molecule has 1 aliphatic rings. The Kier molecular flexibility index (Phi) is 5.03. The van der Waals surface area contributed by atoms with E-state index in [0.29, 0.717) is 25.8 Å². The molecule has 0 saturated carbocycles. The zero-order valence-corrected chi connectivity index (χ0v) is 13.3. The minimum Gasteiger partial charge on any atom is -0.330 e. The van der Waals surface area contributed by atoms with Gasteiger partial charge in [-0.1, -0.05) is 12.1 Å². The molecule has 1 aliphatic heterocycles.